The molecule has 1 saturated carbocycles. The van der Waals surface area contributed by atoms with Crippen molar-refractivity contribution in [1.82, 2.24) is 5.32 Å². The molecule has 0 saturated heterocycles. The van der Waals surface area contributed by atoms with Crippen LogP contribution in [0, 0.1) is 0 Å². The summed E-state index contributed by atoms with van der Waals surface area (Å²) in [6, 6.07) is 6.80. The Morgan fingerprint density at radius 3 is 2.67 bits per heavy atom. The Kier molecular flexibility index (Phi) is 3.81. The first-order valence-corrected chi connectivity index (χ1v) is 6.53. The van der Waals surface area contributed by atoms with E-state index in [9.17, 15) is 0 Å². The van der Waals surface area contributed by atoms with Crippen LogP contribution in [0.5, 0.6) is 0 Å². The Hall–Kier alpha value is -0.340. The third-order valence-electron chi connectivity index (χ3n) is 3.24. The van der Waals surface area contributed by atoms with Crippen molar-refractivity contribution in [2.45, 2.75) is 38.1 Å². The second kappa shape index (κ2) is 5.13. The molecule has 1 aliphatic rings. The zero-order valence-electron chi connectivity index (χ0n) is 9.22. The maximum Gasteiger partial charge on any atom is 0.0213 e. The fraction of sp³-hybridized carbons (Fsp3) is 0.538. The van der Waals surface area contributed by atoms with E-state index in [1.165, 1.54) is 41.3 Å². The topological polar surface area (TPSA) is 12.0 Å². The Balaban J connectivity index is 2.18. The molecule has 0 amide bonds. The van der Waals surface area contributed by atoms with Gasteiger partial charge in [0.1, 0.15) is 0 Å². The van der Waals surface area contributed by atoms with E-state index in [1.807, 2.05) is 7.05 Å². The van der Waals surface area contributed by atoms with Gasteiger partial charge in [0.15, 0.2) is 0 Å². The van der Waals surface area contributed by atoms with E-state index in [1.54, 1.807) is 0 Å². The summed E-state index contributed by atoms with van der Waals surface area (Å²) in [5.74, 6) is 0.794. The lowest BCUT2D eigenvalue weighted by Crippen LogP contribution is -2.05. The molecule has 2 heteroatoms. The van der Waals surface area contributed by atoms with Crippen LogP contribution in [0.15, 0.2) is 22.7 Å². The summed E-state index contributed by atoms with van der Waals surface area (Å²) in [5, 5.41) is 3.18. The van der Waals surface area contributed by atoms with E-state index >= 15 is 0 Å². The molecular formula is C13H18BrN. The highest BCUT2D eigenvalue weighted by Crippen LogP contribution is 2.37. The molecule has 0 aromatic heterocycles. The van der Waals surface area contributed by atoms with Crippen LogP contribution in [-0.2, 0) is 6.54 Å². The number of rotatable bonds is 3. The van der Waals surface area contributed by atoms with E-state index in [0.29, 0.717) is 0 Å². The molecule has 1 fully saturated rings. The molecule has 82 valence electrons. The molecule has 0 bridgehead atoms. The Morgan fingerprint density at radius 2 is 2.07 bits per heavy atom. The van der Waals surface area contributed by atoms with E-state index in [2.05, 4.69) is 39.4 Å². The predicted octanol–water partition coefficient (Wildman–Crippen LogP) is 3.83. The summed E-state index contributed by atoms with van der Waals surface area (Å²) in [5.41, 5.74) is 2.86. The van der Waals surface area contributed by atoms with Gasteiger partial charge in [-0.2, -0.15) is 0 Å². The average molecular weight is 268 g/mol. The molecular weight excluding hydrogens is 250 g/mol. The van der Waals surface area contributed by atoms with Crippen molar-refractivity contribution in [2.75, 3.05) is 7.05 Å². The van der Waals surface area contributed by atoms with Gasteiger partial charge < -0.3 is 5.32 Å². The largest absolute Gasteiger partial charge is 0.316 e. The third-order valence-corrected chi connectivity index (χ3v) is 3.93. The average Bonchev–Trinajstić information content (AvgIpc) is 2.71. The molecule has 1 aliphatic carbocycles. The normalized spacial score (nSPS) is 17.2. The van der Waals surface area contributed by atoms with Gasteiger partial charge in [-0.25, -0.2) is 0 Å². The van der Waals surface area contributed by atoms with Gasteiger partial charge in [0.25, 0.3) is 0 Å². The van der Waals surface area contributed by atoms with Crippen molar-refractivity contribution in [3.8, 4) is 0 Å². The first-order valence-electron chi connectivity index (χ1n) is 5.74. The molecule has 0 spiro atoms. The molecule has 1 aromatic rings. The van der Waals surface area contributed by atoms with Crippen LogP contribution in [-0.4, -0.2) is 7.05 Å². The maximum absolute atomic E-state index is 3.70. The smallest absolute Gasteiger partial charge is 0.0213 e. The van der Waals surface area contributed by atoms with Gasteiger partial charge in [-0.15, -0.1) is 0 Å². The van der Waals surface area contributed by atoms with Gasteiger partial charge in [0.2, 0.25) is 0 Å². The van der Waals surface area contributed by atoms with E-state index < -0.39 is 0 Å². The second-order valence-corrected chi connectivity index (χ2v) is 5.22. The van der Waals surface area contributed by atoms with Crippen molar-refractivity contribution >= 4 is 15.9 Å². The van der Waals surface area contributed by atoms with Gasteiger partial charge >= 0.3 is 0 Å². The van der Waals surface area contributed by atoms with Crippen LogP contribution in [0.3, 0.4) is 0 Å². The predicted molar refractivity (Wildman–Crippen MR) is 68.1 cm³/mol. The molecule has 0 heterocycles. The lowest BCUT2D eigenvalue weighted by atomic mass is 9.97. The minimum absolute atomic E-state index is 0.794. The standard InChI is InChI=1S/C13H18BrN/c1-15-9-10-6-7-12(13(14)8-10)11-4-2-3-5-11/h6-8,11,15H,2-5,9H2,1H3. The number of halogens is 1. The van der Waals surface area contributed by atoms with Crippen LogP contribution in [0.4, 0.5) is 0 Å². The molecule has 15 heavy (non-hydrogen) atoms. The number of hydrogen-bond donors (Lipinski definition) is 1. The monoisotopic (exact) mass is 267 g/mol. The highest BCUT2D eigenvalue weighted by molar-refractivity contribution is 9.10. The van der Waals surface area contributed by atoms with Crippen molar-refractivity contribution in [3.05, 3.63) is 33.8 Å². The van der Waals surface area contributed by atoms with Crippen molar-refractivity contribution in [3.63, 3.8) is 0 Å². The Labute approximate surface area is 100 Å². The second-order valence-electron chi connectivity index (χ2n) is 4.37. The third kappa shape index (κ3) is 2.61. The number of benzene rings is 1. The van der Waals surface area contributed by atoms with E-state index in [0.717, 1.165) is 12.5 Å². The number of nitrogens with one attached hydrogen (secondary N) is 1. The zero-order valence-corrected chi connectivity index (χ0v) is 10.8. The fourth-order valence-corrected chi connectivity index (χ4v) is 3.20. The van der Waals surface area contributed by atoms with Crippen LogP contribution < -0.4 is 5.32 Å². The van der Waals surface area contributed by atoms with Crippen LogP contribution in [0.25, 0.3) is 0 Å². The Bertz CT molecular complexity index is 329. The highest BCUT2D eigenvalue weighted by Gasteiger charge is 2.18. The fourth-order valence-electron chi connectivity index (χ4n) is 2.45. The van der Waals surface area contributed by atoms with Gasteiger partial charge in [-0.3, -0.25) is 0 Å². The summed E-state index contributed by atoms with van der Waals surface area (Å²) in [6.45, 7) is 0.948. The van der Waals surface area contributed by atoms with E-state index in [4.69, 9.17) is 0 Å². The summed E-state index contributed by atoms with van der Waals surface area (Å²) in [6.07, 6.45) is 5.53. The van der Waals surface area contributed by atoms with E-state index in [-0.39, 0.29) is 0 Å². The summed E-state index contributed by atoms with van der Waals surface area (Å²) >= 11 is 3.70. The minimum atomic E-state index is 0.794. The van der Waals surface area contributed by atoms with Gasteiger partial charge in [-0.05, 0) is 43.0 Å². The highest BCUT2D eigenvalue weighted by atomic mass is 79.9. The molecule has 0 aliphatic heterocycles. The molecule has 2 rings (SSSR count). The van der Waals surface area contributed by atoms with Gasteiger partial charge in [-0.1, -0.05) is 40.9 Å². The Morgan fingerprint density at radius 1 is 1.33 bits per heavy atom. The van der Waals surface area contributed by atoms with Crippen LogP contribution >= 0.6 is 15.9 Å². The zero-order chi connectivity index (χ0) is 10.7. The number of hydrogen-bond acceptors (Lipinski definition) is 1. The van der Waals surface area contributed by atoms with Gasteiger partial charge in [0, 0.05) is 11.0 Å². The van der Waals surface area contributed by atoms with Crippen molar-refractivity contribution < 1.29 is 0 Å². The molecule has 0 unspecified atom stereocenters. The lowest BCUT2D eigenvalue weighted by Gasteiger charge is -2.13. The molecule has 0 radical (unpaired) electrons. The molecule has 1 N–H and O–H groups in total. The van der Waals surface area contributed by atoms with Crippen molar-refractivity contribution in [2.24, 2.45) is 0 Å². The SMILES string of the molecule is CNCc1ccc(C2CCCC2)c(Br)c1. The minimum Gasteiger partial charge on any atom is -0.316 e. The maximum atomic E-state index is 3.70. The molecule has 1 nitrogen and oxygen atoms in total. The lowest BCUT2D eigenvalue weighted by molar-refractivity contribution is 0.718. The molecule has 0 atom stereocenters. The van der Waals surface area contributed by atoms with Crippen LogP contribution in [0.1, 0.15) is 42.7 Å². The quantitative estimate of drug-likeness (QED) is 0.878. The molecule has 1 aromatic carbocycles. The van der Waals surface area contributed by atoms with Crippen LogP contribution in [0.2, 0.25) is 0 Å². The van der Waals surface area contributed by atoms with Gasteiger partial charge in [0.05, 0.1) is 0 Å². The first-order chi connectivity index (χ1) is 7.31. The summed E-state index contributed by atoms with van der Waals surface area (Å²) < 4.78 is 1.29. The first kappa shape index (κ1) is 11.2. The summed E-state index contributed by atoms with van der Waals surface area (Å²) in [7, 11) is 1.98. The summed E-state index contributed by atoms with van der Waals surface area (Å²) in [4.78, 5) is 0. The van der Waals surface area contributed by atoms with Crippen molar-refractivity contribution in [1.29, 1.82) is 0 Å².